The first-order chi connectivity index (χ1) is 15.3. The molecule has 3 amide bonds. The summed E-state index contributed by atoms with van der Waals surface area (Å²) in [5.41, 5.74) is 5.79. The van der Waals surface area contributed by atoms with E-state index in [-0.39, 0.29) is 36.9 Å². The minimum atomic E-state index is -0.626. The van der Waals surface area contributed by atoms with Crippen molar-refractivity contribution in [2.75, 3.05) is 41.3 Å². The average molecular weight is 463 g/mol. The van der Waals surface area contributed by atoms with Gasteiger partial charge in [-0.2, -0.15) is 0 Å². The van der Waals surface area contributed by atoms with E-state index in [1.807, 2.05) is 0 Å². The predicted molar refractivity (Wildman–Crippen MR) is 118 cm³/mol. The number of amides is 3. The van der Waals surface area contributed by atoms with Gasteiger partial charge in [-0.1, -0.05) is 0 Å². The number of rotatable bonds is 10. The van der Waals surface area contributed by atoms with Crippen molar-refractivity contribution in [3.63, 3.8) is 0 Å². The van der Waals surface area contributed by atoms with Crippen LogP contribution in [-0.2, 0) is 9.53 Å². The summed E-state index contributed by atoms with van der Waals surface area (Å²) in [6.45, 7) is 2.29. The van der Waals surface area contributed by atoms with Crippen molar-refractivity contribution < 1.29 is 23.5 Å². The van der Waals surface area contributed by atoms with Crippen LogP contribution in [0.15, 0.2) is 23.6 Å². The number of ether oxygens (including phenoxy) is 1. The van der Waals surface area contributed by atoms with Gasteiger partial charge in [-0.25, -0.2) is 14.2 Å². The number of nitrogens with one attached hydrogen (secondary N) is 3. The molecule has 1 atom stereocenters. The van der Waals surface area contributed by atoms with E-state index < -0.39 is 23.9 Å². The standard InChI is InChI=1S/C19H22FN7O4S/c1-11(28)24-7-13-8-27(19(30)31-13)12-2-3-16(14(20)6-12)26(10-21)5-4-23-18-25-15(9-32-18)17(22)29/h2-3,6,9-10,13,21H,4-5,7-8H2,1H3,(H2,22,29)(H,23,25)(H,24,28). The number of hydrogen-bond acceptors (Lipinski definition) is 8. The number of cyclic esters (lactones) is 1. The number of carbonyl (C=O) groups is 3. The highest BCUT2D eigenvalue weighted by Crippen LogP contribution is 2.27. The molecule has 1 aliphatic rings. The molecular formula is C19H22FN7O4S. The summed E-state index contributed by atoms with van der Waals surface area (Å²) in [7, 11) is 0. The number of halogens is 1. The number of carbonyl (C=O) groups excluding carboxylic acids is 3. The van der Waals surface area contributed by atoms with Gasteiger partial charge in [0.05, 0.1) is 30.8 Å². The van der Waals surface area contributed by atoms with Gasteiger partial charge in [-0.05, 0) is 18.2 Å². The Morgan fingerprint density at radius 2 is 2.28 bits per heavy atom. The first-order valence-electron chi connectivity index (χ1n) is 9.57. The van der Waals surface area contributed by atoms with Crippen LogP contribution in [-0.4, -0.2) is 61.5 Å². The molecule has 11 nitrogen and oxygen atoms in total. The molecule has 0 radical (unpaired) electrons. The highest BCUT2D eigenvalue weighted by atomic mass is 32.1. The molecule has 32 heavy (non-hydrogen) atoms. The van der Waals surface area contributed by atoms with Gasteiger partial charge >= 0.3 is 6.09 Å². The van der Waals surface area contributed by atoms with Crippen LogP contribution >= 0.6 is 11.3 Å². The van der Waals surface area contributed by atoms with E-state index in [0.29, 0.717) is 17.4 Å². The molecule has 2 aromatic rings. The van der Waals surface area contributed by atoms with Crippen molar-refractivity contribution in [1.29, 1.82) is 5.41 Å². The lowest BCUT2D eigenvalue weighted by Crippen LogP contribution is -2.33. The molecule has 1 unspecified atom stereocenters. The number of nitrogens with two attached hydrogens (primary N) is 1. The number of hydrogen-bond donors (Lipinski definition) is 4. The average Bonchev–Trinajstić information content (AvgIpc) is 3.37. The number of anilines is 3. The molecule has 1 aliphatic heterocycles. The second-order valence-electron chi connectivity index (χ2n) is 6.84. The van der Waals surface area contributed by atoms with Gasteiger partial charge < -0.3 is 26.0 Å². The van der Waals surface area contributed by atoms with Crippen LogP contribution in [0.1, 0.15) is 17.4 Å². The monoisotopic (exact) mass is 463 g/mol. The highest BCUT2D eigenvalue weighted by molar-refractivity contribution is 7.13. The summed E-state index contributed by atoms with van der Waals surface area (Å²) in [4.78, 5) is 40.9. The molecule has 0 aliphatic carbocycles. The number of nitrogens with zero attached hydrogens (tertiary/aromatic N) is 3. The SMILES string of the molecule is CC(=O)NCC1CN(c2ccc(N(C=N)CCNc3nc(C(N)=O)cs3)c(F)c2)C(=O)O1. The maximum atomic E-state index is 14.8. The number of benzene rings is 1. The maximum absolute atomic E-state index is 14.8. The topological polar surface area (TPSA) is 154 Å². The molecule has 3 rings (SSSR count). The summed E-state index contributed by atoms with van der Waals surface area (Å²) in [6.07, 6.45) is -0.164. The van der Waals surface area contributed by atoms with E-state index in [4.69, 9.17) is 15.9 Å². The Balaban J connectivity index is 1.61. The van der Waals surface area contributed by atoms with E-state index >= 15 is 0 Å². The zero-order valence-corrected chi connectivity index (χ0v) is 17.9. The molecule has 13 heteroatoms. The van der Waals surface area contributed by atoms with E-state index in [9.17, 15) is 18.8 Å². The van der Waals surface area contributed by atoms with Crippen LogP contribution < -0.4 is 26.2 Å². The van der Waals surface area contributed by atoms with E-state index in [0.717, 1.165) is 6.34 Å². The predicted octanol–water partition coefficient (Wildman–Crippen LogP) is 1.37. The van der Waals surface area contributed by atoms with Crippen molar-refractivity contribution >= 4 is 52.1 Å². The van der Waals surface area contributed by atoms with Gasteiger partial charge in [0.1, 0.15) is 17.6 Å². The molecule has 0 spiro atoms. The Kier molecular flexibility index (Phi) is 7.20. The van der Waals surface area contributed by atoms with Crippen molar-refractivity contribution in [2.45, 2.75) is 13.0 Å². The van der Waals surface area contributed by atoms with Crippen molar-refractivity contribution in [3.8, 4) is 0 Å². The lowest BCUT2D eigenvalue weighted by molar-refractivity contribution is -0.119. The van der Waals surface area contributed by atoms with Crippen LogP contribution in [0, 0.1) is 11.2 Å². The fourth-order valence-corrected chi connectivity index (χ4v) is 3.73. The van der Waals surface area contributed by atoms with E-state index in [2.05, 4.69) is 15.6 Å². The summed E-state index contributed by atoms with van der Waals surface area (Å²) < 4.78 is 20.0. The number of aromatic nitrogens is 1. The van der Waals surface area contributed by atoms with E-state index in [1.165, 1.54) is 45.6 Å². The van der Waals surface area contributed by atoms with Gasteiger partial charge in [-0.15, -0.1) is 11.3 Å². The van der Waals surface area contributed by atoms with Gasteiger partial charge in [0.2, 0.25) is 5.91 Å². The van der Waals surface area contributed by atoms with Crippen LogP contribution in [0.4, 0.5) is 25.7 Å². The molecule has 1 fully saturated rings. The van der Waals surface area contributed by atoms with Crippen molar-refractivity contribution in [3.05, 3.63) is 35.1 Å². The van der Waals surface area contributed by atoms with Crippen LogP contribution in [0.3, 0.4) is 0 Å². The second kappa shape index (κ2) is 10.0. The summed E-state index contributed by atoms with van der Waals surface area (Å²) in [5, 5.41) is 15.2. The minimum Gasteiger partial charge on any atom is -0.442 e. The Labute approximate surface area is 186 Å². The highest BCUT2D eigenvalue weighted by Gasteiger charge is 2.32. The number of primary amides is 1. The summed E-state index contributed by atoms with van der Waals surface area (Å²) in [6, 6.07) is 4.23. The summed E-state index contributed by atoms with van der Waals surface area (Å²) >= 11 is 1.21. The maximum Gasteiger partial charge on any atom is 0.414 e. The van der Waals surface area contributed by atoms with Gasteiger partial charge in [-0.3, -0.25) is 19.9 Å². The van der Waals surface area contributed by atoms with E-state index in [1.54, 1.807) is 6.07 Å². The third kappa shape index (κ3) is 5.49. The molecule has 0 saturated carbocycles. The Hall–Kier alpha value is -3.74. The smallest absolute Gasteiger partial charge is 0.414 e. The molecular weight excluding hydrogens is 441 g/mol. The Morgan fingerprint density at radius 1 is 1.50 bits per heavy atom. The first kappa shape index (κ1) is 22.9. The molecule has 1 aromatic heterocycles. The fraction of sp³-hybridized carbons (Fsp3) is 0.316. The lowest BCUT2D eigenvalue weighted by atomic mass is 10.2. The summed E-state index contributed by atoms with van der Waals surface area (Å²) in [5.74, 6) is -1.48. The fourth-order valence-electron chi connectivity index (χ4n) is 3.00. The molecule has 170 valence electrons. The zero-order valence-electron chi connectivity index (χ0n) is 17.1. The van der Waals surface area contributed by atoms with Crippen molar-refractivity contribution in [2.24, 2.45) is 5.73 Å². The first-order valence-corrected chi connectivity index (χ1v) is 10.4. The third-order valence-electron chi connectivity index (χ3n) is 4.55. The van der Waals surface area contributed by atoms with Gasteiger partial charge in [0, 0.05) is 25.4 Å². The molecule has 1 saturated heterocycles. The van der Waals surface area contributed by atoms with Gasteiger partial charge in [0.15, 0.2) is 5.13 Å². The second-order valence-corrected chi connectivity index (χ2v) is 7.70. The molecule has 0 bridgehead atoms. The third-order valence-corrected chi connectivity index (χ3v) is 5.35. The molecule has 2 heterocycles. The quantitative estimate of drug-likeness (QED) is 0.306. The lowest BCUT2D eigenvalue weighted by Gasteiger charge is -2.21. The largest absolute Gasteiger partial charge is 0.442 e. The van der Waals surface area contributed by atoms with Crippen LogP contribution in [0.5, 0.6) is 0 Å². The minimum absolute atomic E-state index is 0.155. The Bertz CT molecular complexity index is 1030. The number of thiazole rings is 1. The molecule has 5 N–H and O–H groups in total. The molecule has 1 aromatic carbocycles. The normalized spacial score (nSPS) is 15.2. The van der Waals surface area contributed by atoms with Crippen LogP contribution in [0.2, 0.25) is 0 Å². The van der Waals surface area contributed by atoms with Crippen molar-refractivity contribution in [1.82, 2.24) is 10.3 Å². The van der Waals surface area contributed by atoms with Crippen LogP contribution in [0.25, 0.3) is 0 Å². The Morgan fingerprint density at radius 3 is 2.91 bits per heavy atom. The zero-order chi connectivity index (χ0) is 23.3. The van der Waals surface area contributed by atoms with Gasteiger partial charge in [0.25, 0.3) is 5.91 Å².